The van der Waals surface area contributed by atoms with Crippen molar-refractivity contribution >= 4 is 0 Å². The second kappa shape index (κ2) is 5.52. The van der Waals surface area contributed by atoms with Gasteiger partial charge in [0.25, 0.3) is 0 Å². The third kappa shape index (κ3) is 2.99. The Hall–Kier alpha value is -1.06. The van der Waals surface area contributed by atoms with Crippen LogP contribution in [0.3, 0.4) is 0 Å². The van der Waals surface area contributed by atoms with E-state index in [2.05, 4.69) is 37.4 Å². The summed E-state index contributed by atoms with van der Waals surface area (Å²) in [5, 5.41) is 3.30. The number of hydrogen-bond donors (Lipinski definition) is 1. The van der Waals surface area contributed by atoms with Gasteiger partial charge in [-0.15, -0.1) is 0 Å². The summed E-state index contributed by atoms with van der Waals surface area (Å²) in [5.74, 6) is 0.973. The summed E-state index contributed by atoms with van der Waals surface area (Å²) in [5.41, 5.74) is 2.40. The molecule has 2 rings (SSSR count). The molecule has 2 unspecified atom stereocenters. The molecule has 1 aromatic rings. The molecule has 1 N–H and O–H groups in total. The molecule has 0 aliphatic carbocycles. The molecule has 1 saturated heterocycles. The van der Waals surface area contributed by atoms with Crippen LogP contribution in [0.15, 0.2) is 18.2 Å². The molecule has 0 bridgehead atoms. The number of aryl methyl sites for hydroxylation is 2. The molecule has 3 heteroatoms. The highest BCUT2D eigenvalue weighted by atomic mass is 16.5. The fourth-order valence-corrected chi connectivity index (χ4v) is 2.16. The molecule has 0 aromatic heterocycles. The summed E-state index contributed by atoms with van der Waals surface area (Å²) in [7, 11) is 1.98. The number of hydrogen-bond acceptors (Lipinski definition) is 3. The molecular formula is C14H21NO2. The quantitative estimate of drug-likeness (QED) is 0.870. The predicted octanol–water partition coefficient (Wildman–Crippen LogP) is 2.06. The van der Waals surface area contributed by atoms with Crippen LogP contribution in [0.5, 0.6) is 5.75 Å². The summed E-state index contributed by atoms with van der Waals surface area (Å²) in [6, 6.07) is 6.68. The Morgan fingerprint density at radius 3 is 2.94 bits per heavy atom. The van der Waals surface area contributed by atoms with Crippen LogP contribution in [-0.4, -0.2) is 32.4 Å². The Morgan fingerprint density at radius 2 is 2.18 bits per heavy atom. The normalized spacial score (nSPS) is 24.6. The van der Waals surface area contributed by atoms with Crippen molar-refractivity contribution in [2.45, 2.75) is 32.4 Å². The standard InChI is InChI=1S/C14H21NO2/c1-10-4-5-11(2)13(8-10)17-14-9-16-7-6-12(14)15-3/h4-5,8,12,14-15H,6-7,9H2,1-3H3. The van der Waals surface area contributed by atoms with Gasteiger partial charge in [-0.3, -0.25) is 0 Å². The van der Waals surface area contributed by atoms with Gasteiger partial charge >= 0.3 is 0 Å². The van der Waals surface area contributed by atoms with E-state index in [9.17, 15) is 0 Å². The minimum Gasteiger partial charge on any atom is -0.486 e. The molecule has 17 heavy (non-hydrogen) atoms. The third-order valence-electron chi connectivity index (χ3n) is 3.30. The Morgan fingerprint density at radius 1 is 1.35 bits per heavy atom. The van der Waals surface area contributed by atoms with Crippen molar-refractivity contribution in [3.63, 3.8) is 0 Å². The van der Waals surface area contributed by atoms with E-state index in [4.69, 9.17) is 9.47 Å². The van der Waals surface area contributed by atoms with Crippen molar-refractivity contribution in [3.8, 4) is 5.75 Å². The first kappa shape index (κ1) is 12.4. The molecule has 1 aromatic carbocycles. The molecule has 1 aliphatic heterocycles. The van der Waals surface area contributed by atoms with Crippen LogP contribution >= 0.6 is 0 Å². The van der Waals surface area contributed by atoms with E-state index in [1.807, 2.05) is 7.05 Å². The van der Waals surface area contributed by atoms with Crippen molar-refractivity contribution in [1.82, 2.24) is 5.32 Å². The lowest BCUT2D eigenvalue weighted by molar-refractivity contribution is -0.0132. The molecule has 94 valence electrons. The highest BCUT2D eigenvalue weighted by Gasteiger charge is 2.26. The average Bonchev–Trinajstić information content (AvgIpc) is 2.34. The van der Waals surface area contributed by atoms with Gasteiger partial charge in [0.05, 0.1) is 6.61 Å². The van der Waals surface area contributed by atoms with Crippen LogP contribution in [0, 0.1) is 13.8 Å². The monoisotopic (exact) mass is 235 g/mol. The van der Waals surface area contributed by atoms with Gasteiger partial charge in [-0.2, -0.15) is 0 Å². The van der Waals surface area contributed by atoms with Crippen molar-refractivity contribution in [3.05, 3.63) is 29.3 Å². The van der Waals surface area contributed by atoms with Crippen LogP contribution in [0.2, 0.25) is 0 Å². The zero-order valence-electron chi connectivity index (χ0n) is 10.8. The molecule has 1 fully saturated rings. The number of likely N-dealkylation sites (N-methyl/N-ethyl adjacent to an activating group) is 1. The first-order valence-corrected chi connectivity index (χ1v) is 6.19. The Kier molecular flexibility index (Phi) is 4.02. The predicted molar refractivity (Wildman–Crippen MR) is 68.6 cm³/mol. The van der Waals surface area contributed by atoms with E-state index in [0.29, 0.717) is 12.6 Å². The van der Waals surface area contributed by atoms with E-state index in [1.54, 1.807) is 0 Å². The lowest BCUT2D eigenvalue weighted by atomic mass is 10.1. The van der Waals surface area contributed by atoms with Crippen LogP contribution in [0.1, 0.15) is 17.5 Å². The van der Waals surface area contributed by atoms with Gasteiger partial charge in [-0.25, -0.2) is 0 Å². The van der Waals surface area contributed by atoms with E-state index in [-0.39, 0.29) is 6.10 Å². The largest absolute Gasteiger partial charge is 0.486 e. The first-order valence-electron chi connectivity index (χ1n) is 6.19. The topological polar surface area (TPSA) is 30.5 Å². The van der Waals surface area contributed by atoms with E-state index >= 15 is 0 Å². The fourth-order valence-electron chi connectivity index (χ4n) is 2.16. The van der Waals surface area contributed by atoms with Gasteiger partial charge in [0.2, 0.25) is 0 Å². The number of benzene rings is 1. The van der Waals surface area contributed by atoms with Crippen LogP contribution in [0.4, 0.5) is 0 Å². The molecular weight excluding hydrogens is 214 g/mol. The SMILES string of the molecule is CNC1CCOCC1Oc1cc(C)ccc1C. The molecule has 0 radical (unpaired) electrons. The molecule has 2 atom stereocenters. The van der Waals surface area contributed by atoms with Crippen molar-refractivity contribution in [1.29, 1.82) is 0 Å². The Bertz CT molecular complexity index is 378. The highest BCUT2D eigenvalue weighted by molar-refractivity contribution is 5.36. The summed E-state index contributed by atoms with van der Waals surface area (Å²) in [6.45, 7) is 5.64. The van der Waals surface area contributed by atoms with Gasteiger partial charge in [0.1, 0.15) is 11.9 Å². The van der Waals surface area contributed by atoms with Crippen LogP contribution in [-0.2, 0) is 4.74 Å². The van der Waals surface area contributed by atoms with E-state index < -0.39 is 0 Å². The van der Waals surface area contributed by atoms with Crippen molar-refractivity contribution in [2.24, 2.45) is 0 Å². The molecule has 1 heterocycles. The van der Waals surface area contributed by atoms with Gasteiger partial charge in [0, 0.05) is 12.6 Å². The van der Waals surface area contributed by atoms with E-state index in [0.717, 1.165) is 18.8 Å². The minimum absolute atomic E-state index is 0.106. The Balaban J connectivity index is 2.10. The summed E-state index contributed by atoms with van der Waals surface area (Å²) < 4.78 is 11.6. The maximum Gasteiger partial charge on any atom is 0.137 e. The summed E-state index contributed by atoms with van der Waals surface area (Å²) in [4.78, 5) is 0. The van der Waals surface area contributed by atoms with Crippen molar-refractivity contribution < 1.29 is 9.47 Å². The molecule has 1 aliphatic rings. The molecule has 3 nitrogen and oxygen atoms in total. The van der Waals surface area contributed by atoms with Gasteiger partial charge < -0.3 is 14.8 Å². The van der Waals surface area contributed by atoms with Gasteiger partial charge in [-0.05, 0) is 44.5 Å². The second-order valence-electron chi connectivity index (χ2n) is 4.68. The second-order valence-corrected chi connectivity index (χ2v) is 4.68. The highest BCUT2D eigenvalue weighted by Crippen LogP contribution is 2.23. The maximum absolute atomic E-state index is 6.08. The average molecular weight is 235 g/mol. The zero-order chi connectivity index (χ0) is 12.3. The zero-order valence-corrected chi connectivity index (χ0v) is 10.8. The number of rotatable bonds is 3. The molecule has 0 spiro atoms. The fraction of sp³-hybridized carbons (Fsp3) is 0.571. The Labute approximate surface area is 103 Å². The smallest absolute Gasteiger partial charge is 0.137 e. The lowest BCUT2D eigenvalue weighted by Crippen LogP contribution is -2.48. The number of nitrogens with one attached hydrogen (secondary N) is 1. The summed E-state index contributed by atoms with van der Waals surface area (Å²) >= 11 is 0. The first-order chi connectivity index (χ1) is 8.20. The minimum atomic E-state index is 0.106. The van der Waals surface area contributed by atoms with Gasteiger partial charge in [0.15, 0.2) is 0 Å². The maximum atomic E-state index is 6.08. The van der Waals surface area contributed by atoms with E-state index in [1.165, 1.54) is 11.1 Å². The van der Waals surface area contributed by atoms with Crippen LogP contribution in [0.25, 0.3) is 0 Å². The third-order valence-corrected chi connectivity index (χ3v) is 3.30. The summed E-state index contributed by atoms with van der Waals surface area (Å²) in [6.07, 6.45) is 1.11. The molecule has 0 saturated carbocycles. The number of ether oxygens (including phenoxy) is 2. The van der Waals surface area contributed by atoms with Crippen LogP contribution < -0.4 is 10.1 Å². The molecule has 0 amide bonds. The lowest BCUT2D eigenvalue weighted by Gasteiger charge is -2.32. The van der Waals surface area contributed by atoms with Gasteiger partial charge in [-0.1, -0.05) is 12.1 Å². The van der Waals surface area contributed by atoms with Crippen molar-refractivity contribution in [2.75, 3.05) is 20.3 Å².